The molecule has 2 aliphatic heterocycles. The zero-order valence-electron chi connectivity index (χ0n) is 17.9. The summed E-state index contributed by atoms with van der Waals surface area (Å²) in [6.45, 7) is 6.41. The van der Waals surface area contributed by atoms with E-state index in [9.17, 15) is 9.59 Å². The van der Waals surface area contributed by atoms with Crippen LogP contribution >= 0.6 is 0 Å². The number of aryl methyl sites for hydroxylation is 2. The minimum Gasteiger partial charge on any atom is -0.454 e. The fraction of sp³-hybridized carbons (Fsp3) is 0.522. The summed E-state index contributed by atoms with van der Waals surface area (Å²) < 4.78 is 16.0. The highest BCUT2D eigenvalue weighted by atomic mass is 16.7. The van der Waals surface area contributed by atoms with E-state index in [4.69, 9.17) is 14.0 Å². The Kier molecular flexibility index (Phi) is 5.08. The number of ether oxygens (including phenoxy) is 2. The van der Waals surface area contributed by atoms with E-state index < -0.39 is 0 Å². The Morgan fingerprint density at radius 3 is 2.55 bits per heavy atom. The highest BCUT2D eigenvalue weighted by Crippen LogP contribution is 2.50. The fourth-order valence-corrected chi connectivity index (χ4v) is 4.64. The van der Waals surface area contributed by atoms with Gasteiger partial charge in [0.05, 0.1) is 5.69 Å². The highest BCUT2D eigenvalue weighted by Gasteiger charge is 2.46. The summed E-state index contributed by atoms with van der Waals surface area (Å²) in [4.78, 5) is 29.4. The van der Waals surface area contributed by atoms with Crippen molar-refractivity contribution in [3.8, 4) is 11.5 Å². The molecule has 31 heavy (non-hydrogen) atoms. The lowest BCUT2D eigenvalue weighted by atomic mass is 10.1. The first-order valence-corrected chi connectivity index (χ1v) is 10.9. The van der Waals surface area contributed by atoms with Crippen molar-refractivity contribution < 1.29 is 23.6 Å². The second-order valence-corrected chi connectivity index (χ2v) is 8.57. The SMILES string of the molecule is Cc1noc(C)c1CCC(=O)N1CCN(C(=O)[C@@H]2C[C@H]2c2ccc3c(c2)OCO3)CC1. The number of nitrogens with zero attached hydrogens (tertiary/aromatic N) is 3. The zero-order valence-corrected chi connectivity index (χ0v) is 17.9. The average Bonchev–Trinajstić information content (AvgIpc) is 3.34. The van der Waals surface area contributed by atoms with E-state index >= 15 is 0 Å². The minimum absolute atomic E-state index is 0.0298. The molecule has 0 bridgehead atoms. The molecule has 1 aromatic carbocycles. The zero-order chi connectivity index (χ0) is 21.5. The average molecular weight is 425 g/mol. The molecule has 0 unspecified atom stereocenters. The molecule has 164 valence electrons. The molecule has 8 heteroatoms. The van der Waals surface area contributed by atoms with Crippen LogP contribution in [0.1, 0.15) is 41.3 Å². The highest BCUT2D eigenvalue weighted by molar-refractivity contribution is 5.83. The van der Waals surface area contributed by atoms with E-state index in [2.05, 4.69) is 5.16 Å². The smallest absolute Gasteiger partial charge is 0.231 e. The molecule has 2 aromatic rings. The van der Waals surface area contributed by atoms with Crippen LogP contribution in [0.2, 0.25) is 0 Å². The van der Waals surface area contributed by atoms with Crippen molar-refractivity contribution in [2.75, 3.05) is 33.0 Å². The molecule has 0 spiro atoms. The second-order valence-electron chi connectivity index (χ2n) is 8.57. The number of carbonyl (C=O) groups excluding carboxylic acids is 2. The number of rotatable bonds is 5. The Hall–Kier alpha value is -3.03. The lowest BCUT2D eigenvalue weighted by molar-refractivity contribution is -0.140. The van der Waals surface area contributed by atoms with Gasteiger partial charge in [-0.3, -0.25) is 9.59 Å². The molecule has 1 saturated heterocycles. The lowest BCUT2D eigenvalue weighted by Gasteiger charge is -2.35. The third-order valence-electron chi connectivity index (χ3n) is 6.65. The fourth-order valence-electron chi connectivity index (χ4n) is 4.64. The van der Waals surface area contributed by atoms with Crippen molar-refractivity contribution >= 4 is 11.8 Å². The molecule has 8 nitrogen and oxygen atoms in total. The van der Waals surface area contributed by atoms with Crippen LogP contribution in [0, 0.1) is 19.8 Å². The minimum atomic E-state index is 0.0298. The first kappa shape index (κ1) is 19.9. The van der Waals surface area contributed by atoms with Gasteiger partial charge in [0.25, 0.3) is 0 Å². The molecule has 1 aliphatic carbocycles. The summed E-state index contributed by atoms with van der Waals surface area (Å²) in [6.07, 6.45) is 1.94. The summed E-state index contributed by atoms with van der Waals surface area (Å²) >= 11 is 0. The molecular formula is C23H27N3O5. The summed E-state index contributed by atoms with van der Waals surface area (Å²) in [5.41, 5.74) is 3.00. The maximum absolute atomic E-state index is 13.0. The standard InChI is InChI=1S/C23H27N3O5/c1-14-17(15(2)31-24-14)4-6-22(27)25-7-9-26(10-8-25)23(28)19-12-18(19)16-3-5-20-21(11-16)30-13-29-20/h3,5,11,18-19H,4,6-10,12-13H2,1-2H3/t18-,19+/m0/s1. The molecule has 2 fully saturated rings. The van der Waals surface area contributed by atoms with E-state index in [1.54, 1.807) is 0 Å². The summed E-state index contributed by atoms with van der Waals surface area (Å²) in [5, 5.41) is 3.95. The van der Waals surface area contributed by atoms with Crippen LogP contribution < -0.4 is 9.47 Å². The Morgan fingerprint density at radius 2 is 1.81 bits per heavy atom. The van der Waals surface area contributed by atoms with Gasteiger partial charge < -0.3 is 23.8 Å². The monoisotopic (exact) mass is 425 g/mol. The van der Waals surface area contributed by atoms with Crippen LogP contribution in [-0.2, 0) is 16.0 Å². The predicted octanol–water partition coefficient (Wildman–Crippen LogP) is 2.43. The van der Waals surface area contributed by atoms with E-state index in [1.807, 2.05) is 41.8 Å². The first-order chi connectivity index (χ1) is 15.0. The van der Waals surface area contributed by atoms with Crippen LogP contribution in [0.5, 0.6) is 11.5 Å². The molecule has 5 rings (SSSR count). The van der Waals surface area contributed by atoms with Crippen LogP contribution in [0.3, 0.4) is 0 Å². The number of benzene rings is 1. The van der Waals surface area contributed by atoms with Gasteiger partial charge in [-0.15, -0.1) is 0 Å². The van der Waals surface area contributed by atoms with Crippen molar-refractivity contribution in [2.24, 2.45) is 5.92 Å². The molecule has 3 aliphatic rings. The van der Waals surface area contributed by atoms with Gasteiger partial charge >= 0.3 is 0 Å². The van der Waals surface area contributed by atoms with Crippen LogP contribution in [0.4, 0.5) is 0 Å². The summed E-state index contributed by atoms with van der Waals surface area (Å²) in [6, 6.07) is 5.95. The van der Waals surface area contributed by atoms with Gasteiger partial charge in [0.15, 0.2) is 11.5 Å². The van der Waals surface area contributed by atoms with Gasteiger partial charge in [0.1, 0.15) is 5.76 Å². The Bertz CT molecular complexity index is 989. The van der Waals surface area contributed by atoms with Gasteiger partial charge in [0.2, 0.25) is 18.6 Å². The van der Waals surface area contributed by atoms with Crippen molar-refractivity contribution in [3.63, 3.8) is 0 Å². The number of aromatic nitrogens is 1. The summed E-state index contributed by atoms with van der Waals surface area (Å²) in [5.74, 6) is 2.91. The third-order valence-corrected chi connectivity index (χ3v) is 6.65. The molecule has 3 heterocycles. The van der Waals surface area contributed by atoms with E-state index in [0.717, 1.165) is 40.5 Å². The van der Waals surface area contributed by atoms with Crippen molar-refractivity contribution in [2.45, 2.75) is 39.0 Å². The summed E-state index contributed by atoms with van der Waals surface area (Å²) in [7, 11) is 0. The lowest BCUT2D eigenvalue weighted by Crippen LogP contribution is -2.51. The van der Waals surface area contributed by atoms with Gasteiger partial charge in [0, 0.05) is 44.1 Å². The normalized spacial score (nSPS) is 22.0. The van der Waals surface area contributed by atoms with Gasteiger partial charge in [-0.2, -0.15) is 0 Å². The second kappa shape index (κ2) is 7.90. The molecule has 1 saturated carbocycles. The number of amides is 2. The number of piperazine rings is 1. The quantitative estimate of drug-likeness (QED) is 0.732. The number of hydrogen-bond acceptors (Lipinski definition) is 6. The van der Waals surface area contributed by atoms with E-state index in [0.29, 0.717) is 39.0 Å². The molecule has 1 aromatic heterocycles. The molecule has 2 atom stereocenters. The topological polar surface area (TPSA) is 85.1 Å². The molecule has 2 amide bonds. The Balaban J connectivity index is 1.11. The van der Waals surface area contributed by atoms with Crippen molar-refractivity contribution in [1.82, 2.24) is 15.0 Å². The number of carbonyl (C=O) groups is 2. The van der Waals surface area contributed by atoms with Crippen LogP contribution in [-0.4, -0.2) is 59.7 Å². The van der Waals surface area contributed by atoms with Crippen LogP contribution in [0.25, 0.3) is 0 Å². The molecule has 0 N–H and O–H groups in total. The third kappa shape index (κ3) is 3.86. The van der Waals surface area contributed by atoms with Gasteiger partial charge in [-0.25, -0.2) is 0 Å². The predicted molar refractivity (Wildman–Crippen MR) is 111 cm³/mol. The van der Waals surface area contributed by atoms with E-state index in [1.165, 1.54) is 0 Å². The Morgan fingerprint density at radius 1 is 1.06 bits per heavy atom. The van der Waals surface area contributed by atoms with Crippen molar-refractivity contribution in [1.29, 1.82) is 0 Å². The Labute approximate surface area is 181 Å². The van der Waals surface area contributed by atoms with E-state index in [-0.39, 0.29) is 30.4 Å². The number of hydrogen-bond donors (Lipinski definition) is 0. The molecule has 0 radical (unpaired) electrons. The van der Waals surface area contributed by atoms with Gasteiger partial charge in [-0.1, -0.05) is 11.2 Å². The van der Waals surface area contributed by atoms with Crippen LogP contribution in [0.15, 0.2) is 22.7 Å². The van der Waals surface area contributed by atoms with Crippen molar-refractivity contribution in [3.05, 3.63) is 40.8 Å². The molecular weight excluding hydrogens is 398 g/mol. The maximum Gasteiger partial charge on any atom is 0.231 e. The largest absolute Gasteiger partial charge is 0.454 e. The maximum atomic E-state index is 13.0. The first-order valence-electron chi connectivity index (χ1n) is 10.9. The number of fused-ring (bicyclic) bond motifs is 1. The van der Waals surface area contributed by atoms with Gasteiger partial charge in [-0.05, 0) is 50.3 Å².